The molecule has 5 nitrogen and oxygen atoms in total. The molecule has 2 aliphatic rings. The summed E-state index contributed by atoms with van der Waals surface area (Å²) in [6.45, 7) is 7.73. The highest BCUT2D eigenvalue weighted by atomic mass is 32.1. The van der Waals surface area contributed by atoms with Crippen molar-refractivity contribution in [2.75, 3.05) is 32.8 Å². The van der Waals surface area contributed by atoms with Crippen molar-refractivity contribution >= 4 is 17.2 Å². The molecule has 4 rings (SSSR count). The number of rotatable bonds is 7. The molecular weight excluding hydrogens is 382 g/mol. The molecule has 2 aromatic rings. The van der Waals surface area contributed by atoms with E-state index >= 15 is 0 Å². The summed E-state index contributed by atoms with van der Waals surface area (Å²) in [5, 5.41) is 1.86. The lowest BCUT2D eigenvalue weighted by atomic mass is 9.95. The summed E-state index contributed by atoms with van der Waals surface area (Å²) >= 11 is 1.48. The van der Waals surface area contributed by atoms with Crippen molar-refractivity contribution in [3.05, 3.63) is 52.0 Å². The molecule has 0 bridgehead atoms. The zero-order chi connectivity index (χ0) is 20.1. The third-order valence-corrected chi connectivity index (χ3v) is 6.81. The van der Waals surface area contributed by atoms with Gasteiger partial charge in [-0.25, -0.2) is 4.98 Å². The van der Waals surface area contributed by atoms with Gasteiger partial charge in [0, 0.05) is 31.6 Å². The number of ether oxygens (including phenoxy) is 1. The maximum Gasteiger partial charge on any atom is 0.273 e. The van der Waals surface area contributed by atoms with Crippen molar-refractivity contribution in [1.29, 1.82) is 0 Å². The molecular formula is C23H31N3O2S. The third-order valence-electron chi connectivity index (χ3n) is 6.23. The van der Waals surface area contributed by atoms with Crippen molar-refractivity contribution in [1.82, 2.24) is 14.8 Å². The Balaban J connectivity index is 1.33. The summed E-state index contributed by atoms with van der Waals surface area (Å²) in [7, 11) is 0. The van der Waals surface area contributed by atoms with E-state index in [1.807, 2.05) is 10.3 Å². The van der Waals surface area contributed by atoms with Crippen LogP contribution in [0.5, 0.6) is 0 Å². The highest BCUT2D eigenvalue weighted by Gasteiger charge is 2.28. The summed E-state index contributed by atoms with van der Waals surface area (Å²) in [6, 6.07) is 8.65. The second kappa shape index (κ2) is 9.83. The molecule has 2 fully saturated rings. The number of piperidine rings is 1. The van der Waals surface area contributed by atoms with Gasteiger partial charge in [0.15, 0.2) is 0 Å². The largest absolute Gasteiger partial charge is 0.376 e. The lowest BCUT2D eigenvalue weighted by Gasteiger charge is -2.35. The molecule has 156 valence electrons. The SMILES string of the molecule is Cc1ccccc1CN1CCC(CN(C[C@H]2CCCO2)C(=O)c2cscn2)CC1. The van der Waals surface area contributed by atoms with Crippen LogP contribution in [0.4, 0.5) is 0 Å². The quantitative estimate of drug-likeness (QED) is 0.689. The number of likely N-dealkylation sites (tertiary alicyclic amines) is 1. The van der Waals surface area contributed by atoms with Crippen molar-refractivity contribution < 1.29 is 9.53 Å². The van der Waals surface area contributed by atoms with Gasteiger partial charge in [-0.15, -0.1) is 11.3 Å². The number of aryl methyl sites for hydroxylation is 1. The number of carbonyl (C=O) groups excluding carboxylic acids is 1. The number of aromatic nitrogens is 1. The molecule has 29 heavy (non-hydrogen) atoms. The maximum atomic E-state index is 13.0. The molecule has 0 spiro atoms. The summed E-state index contributed by atoms with van der Waals surface area (Å²) < 4.78 is 5.81. The topological polar surface area (TPSA) is 45.7 Å². The van der Waals surface area contributed by atoms with Crippen LogP contribution in [0.25, 0.3) is 0 Å². The summed E-state index contributed by atoms with van der Waals surface area (Å²) in [5.41, 5.74) is 5.10. The molecule has 0 saturated carbocycles. The average molecular weight is 414 g/mol. The summed E-state index contributed by atoms with van der Waals surface area (Å²) in [5.74, 6) is 0.608. The minimum absolute atomic E-state index is 0.0593. The van der Waals surface area contributed by atoms with Gasteiger partial charge in [0.1, 0.15) is 5.69 Å². The van der Waals surface area contributed by atoms with E-state index in [1.54, 1.807) is 5.51 Å². The first-order valence-electron chi connectivity index (χ1n) is 10.7. The zero-order valence-corrected chi connectivity index (χ0v) is 18.1. The van der Waals surface area contributed by atoms with Gasteiger partial charge in [-0.05, 0) is 62.7 Å². The Bertz CT molecular complexity index is 781. The summed E-state index contributed by atoms with van der Waals surface area (Å²) in [6.07, 6.45) is 4.60. The Kier molecular flexibility index (Phi) is 6.95. The van der Waals surface area contributed by atoms with Gasteiger partial charge in [0.05, 0.1) is 11.6 Å². The van der Waals surface area contributed by atoms with E-state index in [4.69, 9.17) is 4.74 Å². The smallest absolute Gasteiger partial charge is 0.273 e. The van der Waals surface area contributed by atoms with E-state index in [1.165, 1.54) is 22.5 Å². The molecule has 0 radical (unpaired) electrons. The Morgan fingerprint density at radius 1 is 1.24 bits per heavy atom. The van der Waals surface area contributed by atoms with E-state index in [9.17, 15) is 4.79 Å². The van der Waals surface area contributed by atoms with Crippen LogP contribution in [-0.2, 0) is 11.3 Å². The van der Waals surface area contributed by atoms with Gasteiger partial charge in [-0.3, -0.25) is 9.69 Å². The fraction of sp³-hybridized carbons (Fsp3) is 0.565. The fourth-order valence-electron chi connectivity index (χ4n) is 4.42. The van der Waals surface area contributed by atoms with Crippen molar-refractivity contribution in [3.63, 3.8) is 0 Å². The molecule has 1 aromatic carbocycles. The highest BCUT2D eigenvalue weighted by Crippen LogP contribution is 2.23. The fourth-order valence-corrected chi connectivity index (χ4v) is 4.95. The predicted octanol–water partition coefficient (Wildman–Crippen LogP) is 3.98. The van der Waals surface area contributed by atoms with Crippen LogP contribution in [0.3, 0.4) is 0 Å². The Labute approximate surface area is 177 Å². The lowest BCUT2D eigenvalue weighted by Crippen LogP contribution is -2.43. The Morgan fingerprint density at radius 2 is 2.07 bits per heavy atom. The Hall–Kier alpha value is -1.76. The first-order valence-corrected chi connectivity index (χ1v) is 11.7. The van der Waals surface area contributed by atoms with Crippen LogP contribution in [0.2, 0.25) is 0 Å². The predicted molar refractivity (Wildman–Crippen MR) is 116 cm³/mol. The summed E-state index contributed by atoms with van der Waals surface area (Å²) in [4.78, 5) is 21.8. The molecule has 2 saturated heterocycles. The number of benzene rings is 1. The van der Waals surface area contributed by atoms with Gasteiger partial charge >= 0.3 is 0 Å². The molecule has 1 atom stereocenters. The van der Waals surface area contributed by atoms with Crippen LogP contribution >= 0.6 is 11.3 Å². The second-order valence-electron chi connectivity index (χ2n) is 8.36. The van der Waals surface area contributed by atoms with Gasteiger partial charge < -0.3 is 9.64 Å². The van der Waals surface area contributed by atoms with Crippen LogP contribution in [0.15, 0.2) is 35.2 Å². The van der Waals surface area contributed by atoms with E-state index in [2.05, 4.69) is 41.1 Å². The van der Waals surface area contributed by atoms with Crippen LogP contribution in [0.1, 0.15) is 47.3 Å². The molecule has 2 aliphatic heterocycles. The normalized spacial score (nSPS) is 20.8. The highest BCUT2D eigenvalue weighted by molar-refractivity contribution is 7.07. The molecule has 0 aliphatic carbocycles. The zero-order valence-electron chi connectivity index (χ0n) is 17.3. The minimum Gasteiger partial charge on any atom is -0.376 e. The monoisotopic (exact) mass is 413 g/mol. The molecule has 3 heterocycles. The minimum atomic E-state index is 0.0593. The average Bonchev–Trinajstić information content (AvgIpc) is 3.44. The van der Waals surface area contributed by atoms with E-state index in [0.717, 1.165) is 58.5 Å². The van der Waals surface area contributed by atoms with Gasteiger partial charge in [-0.2, -0.15) is 0 Å². The molecule has 6 heteroatoms. The molecule has 0 N–H and O–H groups in total. The molecule has 1 aromatic heterocycles. The van der Waals surface area contributed by atoms with Crippen molar-refractivity contribution in [2.24, 2.45) is 5.92 Å². The van der Waals surface area contributed by atoms with E-state index in [-0.39, 0.29) is 12.0 Å². The van der Waals surface area contributed by atoms with Crippen LogP contribution in [0, 0.1) is 12.8 Å². The number of nitrogens with zero attached hydrogens (tertiary/aromatic N) is 3. The third kappa shape index (κ3) is 5.44. The second-order valence-corrected chi connectivity index (χ2v) is 9.08. The first-order chi connectivity index (χ1) is 14.2. The number of hydrogen-bond acceptors (Lipinski definition) is 5. The lowest BCUT2D eigenvalue weighted by molar-refractivity contribution is 0.0441. The van der Waals surface area contributed by atoms with Crippen molar-refractivity contribution in [2.45, 2.75) is 45.3 Å². The van der Waals surface area contributed by atoms with E-state index < -0.39 is 0 Å². The standard InChI is InChI=1S/C23H31N3O2S/c1-18-5-2-3-6-20(18)14-25-10-8-19(9-11-25)13-26(15-21-7-4-12-28-21)23(27)22-16-29-17-24-22/h2-3,5-6,16-17,19,21H,4,7-15H2,1H3/t21-/m1/s1. The number of hydrogen-bond donors (Lipinski definition) is 0. The van der Waals surface area contributed by atoms with Crippen LogP contribution < -0.4 is 0 Å². The molecule has 1 amide bonds. The Morgan fingerprint density at radius 3 is 2.76 bits per heavy atom. The number of thiazole rings is 1. The number of amides is 1. The first kappa shape index (κ1) is 20.5. The van der Waals surface area contributed by atoms with Gasteiger partial charge in [0.25, 0.3) is 5.91 Å². The molecule has 0 unspecified atom stereocenters. The van der Waals surface area contributed by atoms with Crippen molar-refractivity contribution in [3.8, 4) is 0 Å². The number of carbonyl (C=O) groups is 1. The van der Waals surface area contributed by atoms with Gasteiger partial charge in [-0.1, -0.05) is 24.3 Å². The van der Waals surface area contributed by atoms with Gasteiger partial charge in [0.2, 0.25) is 0 Å². The van der Waals surface area contributed by atoms with Crippen LogP contribution in [-0.4, -0.2) is 59.6 Å². The van der Waals surface area contributed by atoms with E-state index in [0.29, 0.717) is 18.2 Å². The maximum absolute atomic E-state index is 13.0.